The fourth-order valence-electron chi connectivity index (χ4n) is 1.27. The van der Waals surface area contributed by atoms with E-state index < -0.39 is 0 Å². The fourth-order valence-corrected chi connectivity index (χ4v) is 1.45. The normalized spacial score (nSPS) is 12.2. The number of hydrogen-bond donors (Lipinski definition) is 2. The minimum absolute atomic E-state index is 0.0474. The molecule has 1 rings (SSSR count). The van der Waals surface area contributed by atoms with Gasteiger partial charge in [-0.05, 0) is 25.1 Å². The van der Waals surface area contributed by atoms with Crippen molar-refractivity contribution in [1.29, 1.82) is 0 Å². The Morgan fingerprint density at radius 2 is 2.31 bits per heavy atom. The van der Waals surface area contributed by atoms with Crippen LogP contribution in [0, 0.1) is 0 Å². The average Bonchev–Trinajstić information content (AvgIpc) is 2.22. The van der Waals surface area contributed by atoms with Gasteiger partial charge in [0, 0.05) is 18.7 Å². The molecule has 0 aliphatic rings. The van der Waals surface area contributed by atoms with Crippen molar-refractivity contribution in [1.82, 2.24) is 5.32 Å². The predicted molar refractivity (Wildman–Crippen MR) is 64.7 cm³/mol. The predicted octanol–water partition coefficient (Wildman–Crippen LogP) is 1.69. The number of amides is 1. The van der Waals surface area contributed by atoms with Crippen LogP contribution in [0.4, 0.5) is 5.69 Å². The molecule has 0 radical (unpaired) electrons. The second kappa shape index (κ2) is 5.72. The molecule has 0 saturated heterocycles. The number of carbonyl (C=O) groups excluding carboxylic acids is 1. The van der Waals surface area contributed by atoms with Crippen LogP contribution in [0.3, 0.4) is 0 Å². The molecule has 1 atom stereocenters. The topological polar surface area (TPSA) is 64.3 Å². The van der Waals surface area contributed by atoms with Crippen molar-refractivity contribution in [3.05, 3.63) is 28.8 Å². The third-order valence-corrected chi connectivity index (χ3v) is 2.38. The molecular weight excluding hydrogens is 228 g/mol. The summed E-state index contributed by atoms with van der Waals surface area (Å²) in [5.41, 5.74) is 6.50. The van der Waals surface area contributed by atoms with Crippen molar-refractivity contribution in [2.75, 3.05) is 19.5 Å². The van der Waals surface area contributed by atoms with Crippen LogP contribution < -0.4 is 11.1 Å². The van der Waals surface area contributed by atoms with Gasteiger partial charge in [-0.25, -0.2) is 0 Å². The van der Waals surface area contributed by atoms with Crippen LogP contribution in [-0.2, 0) is 4.74 Å². The van der Waals surface area contributed by atoms with Crippen molar-refractivity contribution >= 4 is 23.2 Å². The Bertz CT molecular complexity index is 382. The number of anilines is 1. The monoisotopic (exact) mass is 242 g/mol. The zero-order chi connectivity index (χ0) is 12.1. The van der Waals surface area contributed by atoms with Gasteiger partial charge in [0.05, 0.1) is 17.3 Å². The Morgan fingerprint density at radius 1 is 1.62 bits per heavy atom. The van der Waals surface area contributed by atoms with E-state index in [0.29, 0.717) is 22.9 Å². The van der Waals surface area contributed by atoms with Crippen molar-refractivity contribution < 1.29 is 9.53 Å². The first-order valence-electron chi connectivity index (χ1n) is 4.89. The summed E-state index contributed by atoms with van der Waals surface area (Å²) in [4.78, 5) is 11.7. The number of halogens is 1. The molecule has 88 valence electrons. The third-order valence-electron chi connectivity index (χ3n) is 2.06. The molecule has 4 nitrogen and oxygen atoms in total. The number of nitrogen functional groups attached to an aromatic ring is 1. The van der Waals surface area contributed by atoms with Crippen molar-refractivity contribution in [3.8, 4) is 0 Å². The van der Waals surface area contributed by atoms with Crippen LogP contribution in [0.25, 0.3) is 0 Å². The molecule has 5 heteroatoms. The van der Waals surface area contributed by atoms with E-state index in [1.807, 2.05) is 6.92 Å². The summed E-state index contributed by atoms with van der Waals surface area (Å²) >= 11 is 5.83. The summed E-state index contributed by atoms with van der Waals surface area (Å²) in [7, 11) is 1.59. The Balaban J connectivity index is 2.69. The van der Waals surface area contributed by atoms with Gasteiger partial charge < -0.3 is 15.8 Å². The van der Waals surface area contributed by atoms with E-state index in [-0.39, 0.29) is 11.9 Å². The summed E-state index contributed by atoms with van der Waals surface area (Å²) in [5, 5.41) is 3.16. The zero-order valence-electron chi connectivity index (χ0n) is 9.29. The van der Waals surface area contributed by atoms with E-state index in [9.17, 15) is 4.79 Å². The lowest BCUT2D eigenvalue weighted by molar-refractivity contribution is 0.0905. The van der Waals surface area contributed by atoms with Crippen LogP contribution in [0.5, 0.6) is 0 Å². The maximum atomic E-state index is 11.7. The lowest BCUT2D eigenvalue weighted by Gasteiger charge is -2.12. The Labute approximate surface area is 99.7 Å². The van der Waals surface area contributed by atoms with Gasteiger partial charge in [0.2, 0.25) is 0 Å². The molecule has 3 N–H and O–H groups in total. The Morgan fingerprint density at radius 3 is 2.88 bits per heavy atom. The van der Waals surface area contributed by atoms with Gasteiger partial charge in [0.15, 0.2) is 0 Å². The van der Waals surface area contributed by atoms with Gasteiger partial charge in [-0.15, -0.1) is 0 Å². The molecule has 1 amide bonds. The highest BCUT2D eigenvalue weighted by Crippen LogP contribution is 2.19. The molecule has 1 aromatic carbocycles. The third kappa shape index (κ3) is 3.40. The van der Waals surface area contributed by atoms with Crippen LogP contribution in [0.1, 0.15) is 17.3 Å². The number of nitrogens with two attached hydrogens (primary N) is 1. The molecular formula is C11H15ClN2O2. The molecule has 16 heavy (non-hydrogen) atoms. The second-order valence-electron chi connectivity index (χ2n) is 3.57. The molecule has 0 saturated carbocycles. The highest BCUT2D eigenvalue weighted by Gasteiger charge is 2.10. The first-order chi connectivity index (χ1) is 7.54. The van der Waals surface area contributed by atoms with E-state index in [1.54, 1.807) is 25.3 Å². The largest absolute Gasteiger partial charge is 0.398 e. The molecule has 0 aliphatic carbocycles. The van der Waals surface area contributed by atoms with Gasteiger partial charge in [0.1, 0.15) is 0 Å². The SMILES string of the molecule is COCC(C)NC(=O)c1ccc(N)c(Cl)c1. The maximum absolute atomic E-state index is 11.7. The highest BCUT2D eigenvalue weighted by molar-refractivity contribution is 6.33. The van der Waals surface area contributed by atoms with Gasteiger partial charge in [-0.2, -0.15) is 0 Å². The number of benzene rings is 1. The number of rotatable bonds is 4. The summed E-state index contributed by atoms with van der Waals surface area (Å²) < 4.78 is 4.92. The quantitative estimate of drug-likeness (QED) is 0.790. The summed E-state index contributed by atoms with van der Waals surface area (Å²) in [5.74, 6) is -0.188. The second-order valence-corrected chi connectivity index (χ2v) is 3.97. The standard InChI is InChI=1S/C11H15ClN2O2/c1-7(6-16-2)14-11(15)8-3-4-10(13)9(12)5-8/h3-5,7H,6,13H2,1-2H3,(H,14,15). The van der Waals surface area contributed by atoms with Crippen molar-refractivity contribution in [2.45, 2.75) is 13.0 Å². The van der Waals surface area contributed by atoms with Crippen LogP contribution in [0.15, 0.2) is 18.2 Å². The molecule has 0 bridgehead atoms. The molecule has 0 heterocycles. The van der Waals surface area contributed by atoms with E-state index in [2.05, 4.69) is 5.32 Å². The van der Waals surface area contributed by atoms with Gasteiger partial charge in [-0.1, -0.05) is 11.6 Å². The summed E-state index contributed by atoms with van der Waals surface area (Å²) in [6, 6.07) is 4.74. The molecule has 0 spiro atoms. The van der Waals surface area contributed by atoms with Crippen LogP contribution >= 0.6 is 11.6 Å². The van der Waals surface area contributed by atoms with Gasteiger partial charge >= 0.3 is 0 Å². The van der Waals surface area contributed by atoms with E-state index in [0.717, 1.165) is 0 Å². The Hall–Kier alpha value is -1.26. The fraction of sp³-hybridized carbons (Fsp3) is 0.364. The number of hydrogen-bond acceptors (Lipinski definition) is 3. The molecule has 1 aromatic rings. The minimum Gasteiger partial charge on any atom is -0.398 e. The molecule has 1 unspecified atom stereocenters. The molecule has 0 aliphatic heterocycles. The van der Waals surface area contributed by atoms with Gasteiger partial charge in [0.25, 0.3) is 5.91 Å². The smallest absolute Gasteiger partial charge is 0.251 e. The number of ether oxygens (including phenoxy) is 1. The summed E-state index contributed by atoms with van der Waals surface area (Å²) in [6.45, 7) is 2.33. The first-order valence-corrected chi connectivity index (χ1v) is 5.27. The molecule has 0 aromatic heterocycles. The highest BCUT2D eigenvalue weighted by atomic mass is 35.5. The van der Waals surface area contributed by atoms with Crippen molar-refractivity contribution in [2.24, 2.45) is 0 Å². The number of nitrogens with one attached hydrogen (secondary N) is 1. The van der Waals surface area contributed by atoms with E-state index in [4.69, 9.17) is 22.1 Å². The van der Waals surface area contributed by atoms with E-state index >= 15 is 0 Å². The van der Waals surface area contributed by atoms with Crippen molar-refractivity contribution in [3.63, 3.8) is 0 Å². The van der Waals surface area contributed by atoms with Crippen LogP contribution in [-0.4, -0.2) is 25.7 Å². The minimum atomic E-state index is -0.188. The number of carbonyl (C=O) groups is 1. The molecule has 0 fully saturated rings. The van der Waals surface area contributed by atoms with Crippen LogP contribution in [0.2, 0.25) is 5.02 Å². The summed E-state index contributed by atoms with van der Waals surface area (Å²) in [6.07, 6.45) is 0. The number of methoxy groups -OCH3 is 1. The Kier molecular flexibility index (Phi) is 4.58. The average molecular weight is 243 g/mol. The zero-order valence-corrected chi connectivity index (χ0v) is 10.0. The van der Waals surface area contributed by atoms with Gasteiger partial charge in [-0.3, -0.25) is 4.79 Å². The maximum Gasteiger partial charge on any atom is 0.251 e. The lowest BCUT2D eigenvalue weighted by atomic mass is 10.2. The lowest BCUT2D eigenvalue weighted by Crippen LogP contribution is -2.35. The first kappa shape index (κ1) is 12.8. The van der Waals surface area contributed by atoms with E-state index in [1.165, 1.54) is 0 Å².